The summed E-state index contributed by atoms with van der Waals surface area (Å²) in [4.78, 5) is 15.3. The summed E-state index contributed by atoms with van der Waals surface area (Å²) in [5.41, 5.74) is 0.0712. The summed E-state index contributed by atoms with van der Waals surface area (Å²) in [6.07, 6.45) is -6.32. The van der Waals surface area contributed by atoms with Crippen LogP contribution in [-0.2, 0) is 9.84 Å². The molecule has 10 nitrogen and oxygen atoms in total. The van der Waals surface area contributed by atoms with E-state index in [2.05, 4.69) is 19.9 Å². The van der Waals surface area contributed by atoms with Gasteiger partial charge in [-0.3, -0.25) is 0 Å². The molecule has 0 amide bonds. The van der Waals surface area contributed by atoms with Gasteiger partial charge in [0.2, 0.25) is 0 Å². The molecule has 0 aliphatic rings. The molecule has 2 heterocycles. The second-order valence-corrected chi connectivity index (χ2v) is 13.7. The molecular weight excluding hydrogens is 757 g/mol. The van der Waals surface area contributed by atoms with Crippen LogP contribution in [0.1, 0.15) is 36.8 Å². The Morgan fingerprint density at radius 3 is 1.68 bits per heavy atom. The van der Waals surface area contributed by atoms with Crippen molar-refractivity contribution >= 4 is 44.8 Å². The van der Waals surface area contributed by atoms with Crippen LogP contribution in [0, 0.1) is 22.7 Å². The number of rotatable bonds is 12. The van der Waals surface area contributed by atoms with E-state index in [1.165, 1.54) is 43.0 Å². The van der Waals surface area contributed by atoms with Crippen molar-refractivity contribution in [1.29, 1.82) is 10.5 Å². The molecule has 0 radical (unpaired) electrons. The minimum Gasteiger partial charge on any atom is -0.423 e. The molecule has 4 rings (SSSR count). The Morgan fingerprint density at radius 2 is 1.18 bits per heavy atom. The number of hydrogen-bond acceptors (Lipinski definition) is 11. The van der Waals surface area contributed by atoms with Gasteiger partial charge in [-0.2, -0.15) is 36.9 Å². The first-order valence-electron chi connectivity index (χ1n) is 13.9. The third-order valence-corrected chi connectivity index (χ3v) is 9.29. The molecule has 50 heavy (non-hydrogen) atoms. The van der Waals surface area contributed by atoms with E-state index in [1.807, 2.05) is 6.07 Å². The largest absolute Gasteiger partial charge is 0.423 e. The number of sulfone groups is 1. The predicted molar refractivity (Wildman–Crippen MR) is 170 cm³/mol. The van der Waals surface area contributed by atoms with Crippen LogP contribution in [0.4, 0.5) is 26.3 Å². The first-order valence-corrected chi connectivity index (χ1v) is 17.3. The van der Waals surface area contributed by atoms with Gasteiger partial charge in [-0.1, -0.05) is 35.3 Å². The molecule has 2 aromatic carbocycles. The SMILES string of the molecule is N#Cc1cccc(Oc2ncc(Cl)cn2)c1S(=O)(=O)CCCC(F)(F)F.N#Cc1cccc(Oc2ncc(Cl)cn2)c1SCCCC(F)(F)F. The molecule has 0 bridgehead atoms. The van der Waals surface area contributed by atoms with Gasteiger partial charge in [0.25, 0.3) is 0 Å². The highest BCUT2D eigenvalue weighted by molar-refractivity contribution is 7.99. The van der Waals surface area contributed by atoms with Gasteiger partial charge in [-0.25, -0.2) is 28.4 Å². The molecule has 2 aromatic heterocycles. The zero-order chi connectivity index (χ0) is 37.0. The standard InChI is InChI=1S/C15H11ClF3N3O3S.C15H11ClF3N3OS/c16-11-8-21-14(22-9-11)25-12-4-1-3-10(7-20)13(12)26(23,24)6-2-5-15(17,18)19;16-11-8-21-14(22-9-11)23-12-4-1-3-10(7-20)13(12)24-6-2-5-15(17,18)19/h1,3-4,8-9H,2,5-6H2;1,3-4,8-9H,2,5-6H2. The van der Waals surface area contributed by atoms with E-state index in [0.717, 1.165) is 11.8 Å². The highest BCUT2D eigenvalue weighted by Crippen LogP contribution is 2.36. The number of benzene rings is 2. The van der Waals surface area contributed by atoms with Crippen molar-refractivity contribution in [3.8, 4) is 35.7 Å². The average Bonchev–Trinajstić information content (AvgIpc) is 3.04. The van der Waals surface area contributed by atoms with E-state index in [9.17, 15) is 40.0 Å². The molecule has 0 saturated heterocycles. The molecule has 0 unspecified atom stereocenters. The van der Waals surface area contributed by atoms with Gasteiger partial charge in [0.05, 0.1) is 56.6 Å². The number of ether oxygens (including phenoxy) is 2. The normalized spacial score (nSPS) is 11.5. The monoisotopic (exact) mass is 778 g/mol. The van der Waals surface area contributed by atoms with Crippen molar-refractivity contribution in [2.45, 2.75) is 47.8 Å². The molecule has 0 spiro atoms. The van der Waals surface area contributed by atoms with Gasteiger partial charge >= 0.3 is 24.4 Å². The maximum Gasteiger partial charge on any atom is 0.389 e. The van der Waals surface area contributed by atoms with Crippen LogP contribution in [0.5, 0.6) is 23.5 Å². The summed E-state index contributed by atoms with van der Waals surface area (Å²) in [7, 11) is -4.21. The van der Waals surface area contributed by atoms with Crippen LogP contribution < -0.4 is 9.47 Å². The van der Waals surface area contributed by atoms with Crippen LogP contribution in [0.15, 0.2) is 71.0 Å². The Balaban J connectivity index is 0.000000271. The quantitative estimate of drug-likeness (QED) is 0.0769. The summed E-state index contributed by atoms with van der Waals surface area (Å²) in [5, 5.41) is 18.9. The summed E-state index contributed by atoms with van der Waals surface area (Å²) in [5.74, 6) is -0.522. The first-order chi connectivity index (χ1) is 23.5. The Morgan fingerprint density at radius 1 is 0.720 bits per heavy atom. The van der Waals surface area contributed by atoms with Gasteiger partial charge in [0.1, 0.15) is 22.8 Å². The number of aromatic nitrogens is 4. The number of alkyl halides is 6. The van der Waals surface area contributed by atoms with Crippen LogP contribution in [0.25, 0.3) is 0 Å². The second-order valence-electron chi connectivity index (χ2n) is 9.67. The summed E-state index contributed by atoms with van der Waals surface area (Å²) >= 11 is 12.5. The highest BCUT2D eigenvalue weighted by atomic mass is 35.5. The topological polar surface area (TPSA) is 152 Å². The number of nitriles is 2. The molecule has 0 atom stereocenters. The van der Waals surface area contributed by atoms with Crippen molar-refractivity contribution in [1.82, 2.24) is 19.9 Å². The zero-order valence-electron chi connectivity index (χ0n) is 25.2. The van der Waals surface area contributed by atoms with Crippen LogP contribution in [-0.4, -0.2) is 52.2 Å². The van der Waals surface area contributed by atoms with Gasteiger partial charge in [0, 0.05) is 12.8 Å². The van der Waals surface area contributed by atoms with Crippen molar-refractivity contribution in [2.24, 2.45) is 0 Å². The van der Waals surface area contributed by atoms with Crippen LogP contribution in [0.3, 0.4) is 0 Å². The minimum atomic E-state index is -4.47. The second kappa shape index (κ2) is 18.0. The van der Waals surface area contributed by atoms with Crippen LogP contribution >= 0.6 is 35.0 Å². The summed E-state index contributed by atoms with van der Waals surface area (Å²) in [6, 6.07) is 12.2. The lowest BCUT2D eigenvalue weighted by Gasteiger charge is -2.12. The Hall–Kier alpha value is -4.36. The average molecular weight is 780 g/mol. The lowest BCUT2D eigenvalue weighted by atomic mass is 10.2. The van der Waals surface area contributed by atoms with E-state index in [1.54, 1.807) is 24.3 Å². The minimum absolute atomic E-state index is 0.0339. The number of thioether (sulfide) groups is 1. The summed E-state index contributed by atoms with van der Waals surface area (Å²) in [6.45, 7) is 0. The Kier molecular flexibility index (Phi) is 14.5. The van der Waals surface area contributed by atoms with Gasteiger partial charge in [-0.15, -0.1) is 11.8 Å². The Bertz CT molecular complexity index is 1940. The van der Waals surface area contributed by atoms with E-state index in [0.29, 0.717) is 21.2 Å². The molecule has 0 N–H and O–H groups in total. The lowest BCUT2D eigenvalue weighted by Crippen LogP contribution is -2.14. The molecule has 0 aliphatic carbocycles. The van der Waals surface area contributed by atoms with Crippen LogP contribution in [0.2, 0.25) is 10.0 Å². The van der Waals surface area contributed by atoms with Crippen molar-refractivity contribution in [2.75, 3.05) is 11.5 Å². The highest BCUT2D eigenvalue weighted by Gasteiger charge is 2.30. The molecule has 264 valence electrons. The predicted octanol–water partition coefficient (Wildman–Crippen LogP) is 9.14. The fraction of sp³-hybridized carbons (Fsp3) is 0.267. The molecule has 20 heteroatoms. The van der Waals surface area contributed by atoms with Crippen molar-refractivity contribution < 1.29 is 44.2 Å². The number of halogens is 8. The fourth-order valence-electron chi connectivity index (χ4n) is 3.75. The van der Waals surface area contributed by atoms with Gasteiger partial charge < -0.3 is 9.47 Å². The summed E-state index contributed by atoms with van der Waals surface area (Å²) < 4.78 is 109. The van der Waals surface area contributed by atoms with Crippen molar-refractivity contribution in [3.63, 3.8) is 0 Å². The molecule has 0 aliphatic heterocycles. The third-order valence-electron chi connectivity index (χ3n) is 5.83. The van der Waals surface area contributed by atoms with E-state index in [-0.39, 0.29) is 40.5 Å². The van der Waals surface area contributed by atoms with E-state index in [4.69, 9.17) is 37.9 Å². The molecular formula is C30H22Cl2F6N6O4S2. The number of nitrogens with zero attached hydrogens (tertiary/aromatic N) is 6. The Labute approximate surface area is 295 Å². The molecule has 4 aromatic rings. The maximum atomic E-state index is 12.5. The molecule has 0 saturated carbocycles. The van der Waals surface area contributed by atoms with Gasteiger partial charge in [0.15, 0.2) is 15.6 Å². The smallest absolute Gasteiger partial charge is 0.389 e. The zero-order valence-corrected chi connectivity index (χ0v) is 28.3. The number of hydrogen-bond donors (Lipinski definition) is 0. The molecule has 0 fully saturated rings. The van der Waals surface area contributed by atoms with Gasteiger partial charge in [-0.05, 0) is 42.9 Å². The van der Waals surface area contributed by atoms with Crippen molar-refractivity contribution in [3.05, 3.63) is 82.4 Å². The first kappa shape index (κ1) is 40.1. The maximum absolute atomic E-state index is 12.5. The third kappa shape index (κ3) is 13.2. The van der Waals surface area contributed by atoms with E-state index < -0.39 is 52.1 Å². The van der Waals surface area contributed by atoms with E-state index >= 15 is 0 Å². The fourth-order valence-corrected chi connectivity index (χ4v) is 6.56. The lowest BCUT2D eigenvalue weighted by molar-refractivity contribution is -0.135.